The third-order valence-corrected chi connectivity index (χ3v) is 17.0. The van der Waals surface area contributed by atoms with E-state index in [2.05, 4.69) is 9.80 Å². The van der Waals surface area contributed by atoms with Gasteiger partial charge in [-0.1, -0.05) is 0 Å². The van der Waals surface area contributed by atoms with Gasteiger partial charge in [0.2, 0.25) is 20.0 Å². The molecule has 0 spiro atoms. The molecule has 0 bridgehead atoms. The molecule has 2 aliphatic heterocycles. The molecule has 0 amide bonds. The van der Waals surface area contributed by atoms with Gasteiger partial charge in [0.05, 0.1) is 68.3 Å². The van der Waals surface area contributed by atoms with Gasteiger partial charge in [0, 0.05) is 92.4 Å². The molecule has 22 heteroatoms. The molecule has 364 valence electrons. The Bertz CT molecular complexity index is 2900. The number of ether oxygens (including phenoxy) is 8. The summed E-state index contributed by atoms with van der Waals surface area (Å²) in [4.78, 5) is 14.0. The number of aromatic nitrogens is 2. The van der Waals surface area contributed by atoms with Crippen molar-refractivity contribution in [2.24, 2.45) is 0 Å². The lowest BCUT2D eigenvalue weighted by atomic mass is 10.1. The number of piperazine rings is 2. The second-order valence-electron chi connectivity index (χ2n) is 15.0. The number of thiazole rings is 2. The maximum atomic E-state index is 13.3. The summed E-state index contributed by atoms with van der Waals surface area (Å²) >= 11 is 3.04. The van der Waals surface area contributed by atoms with E-state index in [1.807, 2.05) is 47.2 Å². The SMILES string of the molecule is COc1ccc(-c2csc(N3CCN(S(=O)(=O)c4ccc(OC)cc4OC)CC3)n2)c(OC)c1.COc1ccc(S(=O)(=O)N2CCN(c3nc(-c4cc(OC)ccc4OC)cs3)CC2)c(OC)c1. The largest absolute Gasteiger partial charge is 0.497 e. The van der Waals surface area contributed by atoms with Crippen LogP contribution in [0.3, 0.4) is 0 Å². The second kappa shape index (κ2) is 21.9. The molecule has 0 aliphatic carbocycles. The van der Waals surface area contributed by atoms with E-state index in [0.717, 1.165) is 38.5 Å². The highest BCUT2D eigenvalue weighted by Gasteiger charge is 2.34. The lowest BCUT2D eigenvalue weighted by Gasteiger charge is -2.34. The first-order valence-corrected chi connectivity index (χ1v) is 25.8. The van der Waals surface area contributed by atoms with E-state index < -0.39 is 20.0 Å². The topological polar surface area (TPSA) is 181 Å². The van der Waals surface area contributed by atoms with Crippen molar-refractivity contribution in [3.8, 4) is 68.5 Å². The normalized spacial score (nSPS) is 14.6. The summed E-state index contributed by atoms with van der Waals surface area (Å²) in [7, 11) is 4.99. The van der Waals surface area contributed by atoms with E-state index in [0.29, 0.717) is 81.1 Å². The fraction of sp³-hybridized carbons (Fsp3) is 0.348. The molecule has 0 atom stereocenters. The van der Waals surface area contributed by atoms with E-state index in [1.165, 1.54) is 71.9 Å². The first-order valence-electron chi connectivity index (χ1n) is 21.1. The molecule has 2 aliphatic rings. The predicted octanol–water partition coefficient (Wildman–Crippen LogP) is 6.71. The molecule has 4 heterocycles. The average Bonchev–Trinajstić information content (AvgIpc) is 4.10. The molecule has 2 saturated heterocycles. The van der Waals surface area contributed by atoms with Gasteiger partial charge in [-0.15, -0.1) is 22.7 Å². The molecule has 0 radical (unpaired) electrons. The van der Waals surface area contributed by atoms with Crippen molar-refractivity contribution < 1.29 is 54.7 Å². The van der Waals surface area contributed by atoms with Crippen LogP contribution in [0.15, 0.2) is 93.3 Å². The van der Waals surface area contributed by atoms with Crippen LogP contribution in [0.2, 0.25) is 0 Å². The first-order chi connectivity index (χ1) is 32.8. The summed E-state index contributed by atoms with van der Waals surface area (Å²) in [5, 5.41) is 5.62. The van der Waals surface area contributed by atoms with E-state index in [4.69, 9.17) is 47.9 Å². The smallest absolute Gasteiger partial charge is 0.246 e. The molecule has 6 aromatic rings. The molecule has 2 fully saturated rings. The number of benzene rings is 4. The summed E-state index contributed by atoms with van der Waals surface area (Å²) in [5.41, 5.74) is 3.31. The van der Waals surface area contributed by atoms with Crippen LogP contribution in [0.4, 0.5) is 10.3 Å². The van der Waals surface area contributed by atoms with Crippen LogP contribution in [0.25, 0.3) is 22.5 Å². The van der Waals surface area contributed by atoms with Crippen LogP contribution in [0.5, 0.6) is 46.0 Å². The van der Waals surface area contributed by atoms with E-state index in [9.17, 15) is 16.8 Å². The maximum absolute atomic E-state index is 13.3. The zero-order chi connectivity index (χ0) is 48.6. The summed E-state index contributed by atoms with van der Waals surface area (Å²) in [5.74, 6) is 4.42. The number of nitrogens with zero attached hydrogens (tertiary/aromatic N) is 6. The highest BCUT2D eigenvalue weighted by molar-refractivity contribution is 7.89. The molecule has 68 heavy (non-hydrogen) atoms. The Morgan fingerprint density at radius 1 is 0.412 bits per heavy atom. The zero-order valence-corrected chi connectivity index (χ0v) is 42.2. The van der Waals surface area contributed by atoms with Gasteiger partial charge in [0.1, 0.15) is 55.8 Å². The van der Waals surface area contributed by atoms with Gasteiger partial charge in [-0.05, 0) is 54.6 Å². The van der Waals surface area contributed by atoms with Crippen LogP contribution in [-0.2, 0) is 20.0 Å². The monoisotopic (exact) mass is 1010 g/mol. The quantitative estimate of drug-likeness (QED) is 0.0997. The molecule has 18 nitrogen and oxygen atoms in total. The lowest BCUT2D eigenvalue weighted by molar-refractivity contribution is 0.369. The summed E-state index contributed by atoms with van der Waals surface area (Å²) < 4.78 is 98.6. The third-order valence-electron chi connectivity index (χ3n) is 11.3. The molecular formula is C46H54N6O12S4. The highest BCUT2D eigenvalue weighted by Crippen LogP contribution is 2.39. The Morgan fingerprint density at radius 2 is 0.779 bits per heavy atom. The summed E-state index contributed by atoms with van der Waals surface area (Å²) in [6, 6.07) is 20.6. The Morgan fingerprint density at radius 3 is 1.19 bits per heavy atom. The minimum absolute atomic E-state index is 0.130. The van der Waals surface area contributed by atoms with E-state index >= 15 is 0 Å². The maximum Gasteiger partial charge on any atom is 0.246 e. The molecule has 0 unspecified atom stereocenters. The number of sulfonamides is 2. The first kappa shape index (κ1) is 49.9. The lowest BCUT2D eigenvalue weighted by Crippen LogP contribution is -2.48. The Labute approximate surface area is 405 Å². The number of hydrogen-bond acceptors (Lipinski definition) is 18. The average molecular weight is 1010 g/mol. The Balaban J connectivity index is 0.000000201. The van der Waals surface area contributed by atoms with Crippen LogP contribution >= 0.6 is 22.7 Å². The van der Waals surface area contributed by atoms with Crippen molar-refractivity contribution >= 4 is 53.0 Å². The minimum atomic E-state index is -3.71. The van der Waals surface area contributed by atoms with Crippen LogP contribution in [-0.4, -0.2) is 145 Å². The zero-order valence-electron chi connectivity index (χ0n) is 39.0. The van der Waals surface area contributed by atoms with E-state index in [1.54, 1.807) is 52.7 Å². The van der Waals surface area contributed by atoms with Gasteiger partial charge in [0.15, 0.2) is 10.3 Å². The van der Waals surface area contributed by atoms with Crippen molar-refractivity contribution in [2.45, 2.75) is 9.79 Å². The molecule has 8 rings (SSSR count). The molecule has 0 N–H and O–H groups in total. The van der Waals surface area contributed by atoms with Gasteiger partial charge < -0.3 is 47.7 Å². The fourth-order valence-electron chi connectivity index (χ4n) is 7.58. The third kappa shape index (κ3) is 10.6. The van der Waals surface area contributed by atoms with Crippen molar-refractivity contribution in [1.82, 2.24) is 18.6 Å². The van der Waals surface area contributed by atoms with Gasteiger partial charge in [-0.25, -0.2) is 26.8 Å². The number of methoxy groups -OCH3 is 8. The second-order valence-corrected chi connectivity index (χ2v) is 20.5. The van der Waals surface area contributed by atoms with Gasteiger partial charge >= 0.3 is 0 Å². The Hall–Kier alpha value is -6.04. The fourth-order valence-corrected chi connectivity index (χ4v) is 12.5. The number of hydrogen-bond donors (Lipinski definition) is 0. The van der Waals surface area contributed by atoms with Gasteiger partial charge in [-0.2, -0.15) is 8.61 Å². The van der Waals surface area contributed by atoms with Gasteiger partial charge in [0.25, 0.3) is 0 Å². The van der Waals surface area contributed by atoms with Crippen molar-refractivity contribution in [1.29, 1.82) is 0 Å². The molecule has 2 aromatic heterocycles. The van der Waals surface area contributed by atoms with Crippen molar-refractivity contribution in [3.05, 3.63) is 83.6 Å². The minimum Gasteiger partial charge on any atom is -0.497 e. The number of rotatable bonds is 16. The Kier molecular flexibility index (Phi) is 16.1. The van der Waals surface area contributed by atoms with Crippen LogP contribution in [0, 0.1) is 0 Å². The van der Waals surface area contributed by atoms with Gasteiger partial charge in [-0.3, -0.25) is 0 Å². The van der Waals surface area contributed by atoms with Crippen LogP contribution < -0.4 is 47.7 Å². The molecule has 0 saturated carbocycles. The highest BCUT2D eigenvalue weighted by atomic mass is 32.2. The molecule has 4 aromatic carbocycles. The molecular weight excluding hydrogens is 957 g/mol. The number of anilines is 2. The summed E-state index contributed by atoms with van der Waals surface area (Å²) in [6.45, 7) is 3.50. The van der Waals surface area contributed by atoms with E-state index in [-0.39, 0.29) is 21.3 Å². The van der Waals surface area contributed by atoms with Crippen LogP contribution in [0.1, 0.15) is 0 Å². The van der Waals surface area contributed by atoms with Crippen molar-refractivity contribution in [2.75, 3.05) is 119 Å². The predicted molar refractivity (Wildman–Crippen MR) is 262 cm³/mol. The standard InChI is InChI=1S/2C23H27N3O6S2/c1-29-16-5-7-20(31-3)18(13-16)19-15-33-23(24-19)25-9-11-26(12-10-25)34(27,28)22-8-6-17(30-2)14-21(22)32-4;1-29-16-5-7-18(20(13-16)31-3)19-15-33-23(24-19)25-9-11-26(12-10-25)34(27,28)22-8-6-17(30-2)14-21(22)32-4/h2*5-8,13-15H,9-12H2,1-4H3. The van der Waals surface area contributed by atoms with Crippen molar-refractivity contribution in [3.63, 3.8) is 0 Å². The summed E-state index contributed by atoms with van der Waals surface area (Å²) in [6.07, 6.45) is 0.